The lowest BCUT2D eigenvalue weighted by Crippen LogP contribution is -2.09. The zero-order valence-corrected chi connectivity index (χ0v) is 11.8. The molecule has 0 saturated carbocycles. The Morgan fingerprint density at radius 3 is 2.37 bits per heavy atom. The van der Waals surface area contributed by atoms with Crippen LogP contribution in [0.25, 0.3) is 0 Å². The Hall–Kier alpha value is -1.44. The van der Waals surface area contributed by atoms with E-state index in [1.54, 1.807) is 6.07 Å². The molecule has 0 radical (unpaired) electrons. The van der Waals surface area contributed by atoms with Crippen molar-refractivity contribution >= 4 is 39.7 Å². The zero-order valence-electron chi connectivity index (χ0n) is 9.63. The maximum atomic E-state index is 12.7. The van der Waals surface area contributed by atoms with Crippen LogP contribution in [0.1, 0.15) is 5.56 Å². The van der Waals surface area contributed by atoms with E-state index in [-0.39, 0.29) is 5.69 Å². The van der Waals surface area contributed by atoms with Gasteiger partial charge in [-0.15, -0.1) is 0 Å². The number of alkyl halides is 3. The second-order valence-corrected chi connectivity index (χ2v) is 5.07. The van der Waals surface area contributed by atoms with Gasteiger partial charge in [-0.1, -0.05) is 12.1 Å². The fourth-order valence-corrected chi connectivity index (χ4v) is 2.12. The maximum Gasteiger partial charge on any atom is 0.418 e. The van der Waals surface area contributed by atoms with Gasteiger partial charge in [0.15, 0.2) is 0 Å². The van der Waals surface area contributed by atoms with Gasteiger partial charge in [0.05, 0.1) is 11.3 Å². The molecule has 2 aromatic rings. The van der Waals surface area contributed by atoms with Crippen molar-refractivity contribution in [3.8, 4) is 0 Å². The number of benzene rings is 2. The van der Waals surface area contributed by atoms with Crippen LogP contribution in [0.4, 0.5) is 30.2 Å². The highest BCUT2D eigenvalue weighted by molar-refractivity contribution is 14.1. The largest absolute Gasteiger partial charge is 0.418 e. The van der Waals surface area contributed by atoms with Crippen molar-refractivity contribution in [2.75, 3.05) is 11.1 Å². The number of nitrogen functional groups attached to an aromatic ring is 1. The summed E-state index contributed by atoms with van der Waals surface area (Å²) >= 11 is 2.11. The van der Waals surface area contributed by atoms with E-state index in [4.69, 9.17) is 5.73 Å². The molecule has 0 bridgehead atoms. The van der Waals surface area contributed by atoms with Crippen LogP contribution in [-0.4, -0.2) is 0 Å². The maximum absolute atomic E-state index is 12.7. The van der Waals surface area contributed by atoms with Crippen molar-refractivity contribution < 1.29 is 13.2 Å². The van der Waals surface area contributed by atoms with E-state index >= 15 is 0 Å². The molecule has 0 heterocycles. The molecule has 2 rings (SSSR count). The van der Waals surface area contributed by atoms with E-state index in [1.165, 1.54) is 12.1 Å². The third-order valence-corrected chi connectivity index (χ3v) is 3.45. The molecule has 0 spiro atoms. The SMILES string of the molecule is Nc1ccc(Nc2ccccc2I)cc1C(F)(F)F. The number of hydrogen-bond acceptors (Lipinski definition) is 2. The summed E-state index contributed by atoms with van der Waals surface area (Å²) in [4.78, 5) is 0. The molecule has 0 aromatic heterocycles. The van der Waals surface area contributed by atoms with E-state index in [0.29, 0.717) is 5.69 Å². The standard InChI is InChI=1S/C13H10F3IN2/c14-13(15,16)9-7-8(5-6-11(9)18)19-12-4-2-1-3-10(12)17/h1-7,19H,18H2. The molecule has 2 aromatic carbocycles. The van der Waals surface area contributed by atoms with Gasteiger partial charge in [0.2, 0.25) is 0 Å². The summed E-state index contributed by atoms with van der Waals surface area (Å²) in [5.41, 5.74) is 5.35. The van der Waals surface area contributed by atoms with Gasteiger partial charge >= 0.3 is 6.18 Å². The first-order chi connectivity index (χ1) is 8.88. The Morgan fingerprint density at radius 2 is 1.74 bits per heavy atom. The highest BCUT2D eigenvalue weighted by atomic mass is 127. The molecule has 100 valence electrons. The third kappa shape index (κ3) is 3.31. The van der Waals surface area contributed by atoms with E-state index < -0.39 is 11.7 Å². The number of nitrogens with one attached hydrogen (secondary N) is 1. The Morgan fingerprint density at radius 1 is 1.05 bits per heavy atom. The molecule has 19 heavy (non-hydrogen) atoms. The molecule has 6 heteroatoms. The van der Waals surface area contributed by atoms with Gasteiger partial charge in [-0.2, -0.15) is 13.2 Å². The van der Waals surface area contributed by atoms with Crippen molar-refractivity contribution in [2.24, 2.45) is 0 Å². The van der Waals surface area contributed by atoms with Gasteiger partial charge in [0, 0.05) is 14.9 Å². The van der Waals surface area contributed by atoms with E-state index in [1.807, 2.05) is 18.2 Å². The molecule has 0 unspecified atom stereocenters. The highest BCUT2D eigenvalue weighted by Crippen LogP contribution is 2.36. The first-order valence-corrected chi connectivity index (χ1v) is 6.44. The Kier molecular flexibility index (Phi) is 3.88. The molecule has 0 aliphatic heterocycles. The summed E-state index contributed by atoms with van der Waals surface area (Å²) in [6.45, 7) is 0. The molecule has 0 aliphatic rings. The first kappa shape index (κ1) is 14.0. The van der Waals surface area contributed by atoms with Crippen molar-refractivity contribution in [3.63, 3.8) is 0 Å². The minimum absolute atomic E-state index is 0.277. The molecule has 0 atom stereocenters. The monoisotopic (exact) mass is 378 g/mol. The fourth-order valence-electron chi connectivity index (χ4n) is 1.60. The van der Waals surface area contributed by atoms with Gasteiger partial charge in [-0.05, 0) is 52.9 Å². The quantitative estimate of drug-likeness (QED) is 0.591. The minimum atomic E-state index is -4.45. The summed E-state index contributed by atoms with van der Waals surface area (Å²) in [7, 11) is 0. The van der Waals surface area contributed by atoms with Crippen molar-refractivity contribution in [1.82, 2.24) is 0 Å². The summed E-state index contributed by atoms with van der Waals surface area (Å²) < 4.78 is 39.1. The lowest BCUT2D eigenvalue weighted by atomic mass is 10.1. The minimum Gasteiger partial charge on any atom is -0.398 e. The molecule has 0 fully saturated rings. The lowest BCUT2D eigenvalue weighted by Gasteiger charge is -2.13. The predicted octanol–water partition coefficient (Wildman–Crippen LogP) is 4.64. The second-order valence-electron chi connectivity index (χ2n) is 3.90. The molecule has 0 saturated heterocycles. The normalized spacial score (nSPS) is 11.4. The Balaban J connectivity index is 2.35. The van der Waals surface area contributed by atoms with Crippen LogP contribution in [0.15, 0.2) is 42.5 Å². The van der Waals surface area contributed by atoms with Gasteiger partial charge < -0.3 is 11.1 Å². The molecule has 0 amide bonds. The van der Waals surface area contributed by atoms with Gasteiger partial charge in [-0.25, -0.2) is 0 Å². The van der Waals surface area contributed by atoms with Crippen LogP contribution in [0.2, 0.25) is 0 Å². The van der Waals surface area contributed by atoms with Crippen LogP contribution >= 0.6 is 22.6 Å². The van der Waals surface area contributed by atoms with Crippen molar-refractivity contribution in [3.05, 3.63) is 51.6 Å². The molecule has 2 nitrogen and oxygen atoms in total. The van der Waals surface area contributed by atoms with Crippen LogP contribution < -0.4 is 11.1 Å². The summed E-state index contributed by atoms with van der Waals surface area (Å²) in [5, 5.41) is 2.95. The van der Waals surface area contributed by atoms with Gasteiger partial charge in [0.1, 0.15) is 0 Å². The molecule has 3 N–H and O–H groups in total. The van der Waals surface area contributed by atoms with Crippen LogP contribution in [0, 0.1) is 3.57 Å². The Bertz CT molecular complexity index is 597. The summed E-state index contributed by atoms with van der Waals surface area (Å²) in [6, 6.07) is 11.1. The van der Waals surface area contributed by atoms with Gasteiger partial charge in [-0.3, -0.25) is 0 Å². The Labute approximate surface area is 122 Å². The second kappa shape index (κ2) is 5.28. The van der Waals surface area contributed by atoms with Crippen LogP contribution in [-0.2, 0) is 6.18 Å². The average Bonchev–Trinajstić information content (AvgIpc) is 2.33. The predicted molar refractivity (Wildman–Crippen MR) is 78.3 cm³/mol. The average molecular weight is 378 g/mol. The van der Waals surface area contributed by atoms with Gasteiger partial charge in [0.25, 0.3) is 0 Å². The highest BCUT2D eigenvalue weighted by Gasteiger charge is 2.33. The number of rotatable bonds is 2. The van der Waals surface area contributed by atoms with E-state index in [0.717, 1.165) is 15.3 Å². The smallest absolute Gasteiger partial charge is 0.398 e. The summed E-state index contributed by atoms with van der Waals surface area (Å²) in [6.07, 6.45) is -4.45. The first-order valence-electron chi connectivity index (χ1n) is 5.36. The van der Waals surface area contributed by atoms with E-state index in [2.05, 4.69) is 27.9 Å². The van der Waals surface area contributed by atoms with Crippen LogP contribution in [0.5, 0.6) is 0 Å². The number of nitrogens with two attached hydrogens (primary N) is 1. The van der Waals surface area contributed by atoms with Crippen molar-refractivity contribution in [1.29, 1.82) is 0 Å². The summed E-state index contributed by atoms with van der Waals surface area (Å²) in [5.74, 6) is 0. The molecule has 0 aliphatic carbocycles. The number of hydrogen-bond donors (Lipinski definition) is 2. The molecular weight excluding hydrogens is 368 g/mol. The zero-order chi connectivity index (χ0) is 14.0. The van der Waals surface area contributed by atoms with E-state index in [9.17, 15) is 13.2 Å². The number of halogens is 4. The fraction of sp³-hybridized carbons (Fsp3) is 0.0769. The molecular formula is C13H10F3IN2. The lowest BCUT2D eigenvalue weighted by molar-refractivity contribution is -0.136. The number of anilines is 3. The topological polar surface area (TPSA) is 38.0 Å². The number of para-hydroxylation sites is 1. The van der Waals surface area contributed by atoms with Crippen molar-refractivity contribution in [2.45, 2.75) is 6.18 Å². The van der Waals surface area contributed by atoms with Crippen LogP contribution in [0.3, 0.4) is 0 Å². The third-order valence-electron chi connectivity index (χ3n) is 2.51.